The number of ether oxygens (including phenoxy) is 1. The van der Waals surface area contributed by atoms with Crippen LogP contribution in [0.15, 0.2) is 309 Å². The smallest absolute Gasteiger partial charge is 0.256 e. The van der Waals surface area contributed by atoms with E-state index in [1.807, 2.05) is 22.7 Å². The van der Waals surface area contributed by atoms with Crippen molar-refractivity contribution in [3.8, 4) is 83.9 Å². The molecule has 0 aliphatic carbocycles. The first-order chi connectivity index (χ1) is 44.6. The minimum Gasteiger partial charge on any atom is -0.458 e. The van der Waals surface area contributed by atoms with Gasteiger partial charge < -0.3 is 14.2 Å². The van der Waals surface area contributed by atoms with E-state index in [0.717, 1.165) is 95.2 Å². The topological polar surface area (TPSA) is 17.4 Å². The third kappa shape index (κ3) is 7.91. The van der Waals surface area contributed by atoms with E-state index in [9.17, 15) is 0 Å². The molecule has 0 fully saturated rings. The molecule has 5 heterocycles. The quantitative estimate of drug-likeness (QED) is 0.141. The van der Waals surface area contributed by atoms with Gasteiger partial charge >= 0.3 is 0 Å². The van der Waals surface area contributed by atoms with Gasteiger partial charge in [-0.25, -0.2) is 0 Å². The first kappa shape index (κ1) is 51.1. The van der Waals surface area contributed by atoms with Gasteiger partial charge in [0.05, 0.1) is 22.4 Å². The largest absolute Gasteiger partial charge is 0.458 e. The van der Waals surface area contributed by atoms with Crippen molar-refractivity contribution in [2.45, 2.75) is 0 Å². The third-order valence-corrected chi connectivity index (χ3v) is 21.3. The van der Waals surface area contributed by atoms with E-state index < -0.39 is 0 Å². The van der Waals surface area contributed by atoms with Gasteiger partial charge in [0.15, 0.2) is 0 Å². The lowest BCUT2D eigenvalue weighted by Crippen LogP contribution is -2.59. The maximum Gasteiger partial charge on any atom is 0.256 e. The highest BCUT2D eigenvalue weighted by atomic mass is 32.1. The van der Waals surface area contributed by atoms with Crippen LogP contribution in [0.3, 0.4) is 0 Å². The van der Waals surface area contributed by atoms with Gasteiger partial charge in [-0.05, 0) is 128 Å². The number of thiophene rings is 2. The standard InChI is InChI=1S/C84H51BN2OS2/c1-5-22-52(23-6-1)61-34-21-35-62(53-24-7-2-8-25-53)82(61)87-75-48-56(58-44-67(54-26-9-3-10-27-54)83-69(46-58)65-32-15-19-38-79(65)89-83)40-42-71(75)85-72-43-41-57(59-45-68(55-28-11-4-12-29-55)84-70(47-59)66-33-16-20-39-80(66)90-84)49-77(72)88-78-51-60(50-76(87)81(78)85)86-73-36-17-13-30-63(73)64-31-14-18-37-74(64)86/h1-51H. The second-order valence-electron chi connectivity index (χ2n) is 23.8. The average Bonchev–Trinajstić information content (AvgIpc) is 0.823. The summed E-state index contributed by atoms with van der Waals surface area (Å²) in [6.45, 7) is -0.198. The minimum absolute atomic E-state index is 0.198. The van der Waals surface area contributed by atoms with Gasteiger partial charge in [-0.15, -0.1) is 22.7 Å². The van der Waals surface area contributed by atoms with Crippen molar-refractivity contribution in [2.75, 3.05) is 4.90 Å². The Balaban J connectivity index is 0.912. The van der Waals surface area contributed by atoms with Crippen molar-refractivity contribution >= 4 is 125 Å². The molecule has 2 aliphatic rings. The highest BCUT2D eigenvalue weighted by Gasteiger charge is 2.44. The molecule has 0 amide bonds. The monoisotopic (exact) mass is 1180 g/mol. The molecular weight excluding hydrogens is 1130 g/mol. The number of aromatic nitrogens is 1. The van der Waals surface area contributed by atoms with Crippen molar-refractivity contribution in [1.82, 2.24) is 4.57 Å². The molecule has 19 rings (SSSR count). The highest BCUT2D eigenvalue weighted by Crippen LogP contribution is 2.52. The zero-order valence-electron chi connectivity index (χ0n) is 48.6. The Morgan fingerprint density at radius 2 is 0.744 bits per heavy atom. The summed E-state index contributed by atoms with van der Waals surface area (Å²) in [6, 6.07) is 115. The fourth-order valence-electron chi connectivity index (χ4n) is 14.8. The Morgan fingerprint density at radius 1 is 0.289 bits per heavy atom. The molecule has 0 N–H and O–H groups in total. The van der Waals surface area contributed by atoms with Crippen LogP contribution >= 0.6 is 22.7 Å². The molecule has 0 saturated heterocycles. The molecule has 6 heteroatoms. The second-order valence-corrected chi connectivity index (χ2v) is 25.9. The lowest BCUT2D eigenvalue weighted by atomic mass is 9.34. The molecule has 418 valence electrons. The average molecular weight is 1180 g/mol. The van der Waals surface area contributed by atoms with E-state index >= 15 is 0 Å². The van der Waals surface area contributed by atoms with E-state index in [-0.39, 0.29) is 6.71 Å². The Bertz CT molecular complexity index is 5660. The molecule has 14 aromatic carbocycles. The number of fused-ring (bicyclic) bond motifs is 13. The van der Waals surface area contributed by atoms with Gasteiger partial charge in [0.1, 0.15) is 11.5 Å². The number of para-hydroxylation sites is 3. The van der Waals surface area contributed by atoms with Crippen LogP contribution in [0.5, 0.6) is 11.5 Å². The summed E-state index contributed by atoms with van der Waals surface area (Å²) in [5.41, 5.74) is 24.0. The number of hydrogen-bond donors (Lipinski definition) is 0. The Hall–Kier alpha value is -11.0. The van der Waals surface area contributed by atoms with Gasteiger partial charge in [-0.2, -0.15) is 0 Å². The van der Waals surface area contributed by atoms with Crippen molar-refractivity contribution in [1.29, 1.82) is 0 Å². The van der Waals surface area contributed by atoms with Crippen LogP contribution in [-0.2, 0) is 0 Å². The fraction of sp³-hybridized carbons (Fsp3) is 0. The fourth-order valence-corrected chi connectivity index (χ4v) is 17.2. The van der Waals surface area contributed by atoms with Crippen LogP contribution in [0, 0.1) is 0 Å². The summed E-state index contributed by atoms with van der Waals surface area (Å²) in [5.74, 6) is 1.69. The van der Waals surface area contributed by atoms with E-state index in [1.165, 1.54) is 84.4 Å². The molecule has 0 unspecified atom stereocenters. The Kier molecular flexibility index (Phi) is 11.5. The molecule has 0 bridgehead atoms. The summed E-state index contributed by atoms with van der Waals surface area (Å²) >= 11 is 3.76. The van der Waals surface area contributed by atoms with Crippen molar-refractivity contribution in [3.63, 3.8) is 0 Å². The molecule has 17 aromatic rings. The molecule has 3 aromatic heterocycles. The van der Waals surface area contributed by atoms with Crippen LogP contribution < -0.4 is 26.0 Å². The first-order valence-electron chi connectivity index (χ1n) is 30.8. The molecule has 2 aliphatic heterocycles. The van der Waals surface area contributed by atoms with E-state index in [4.69, 9.17) is 4.74 Å². The van der Waals surface area contributed by atoms with Crippen molar-refractivity contribution in [3.05, 3.63) is 309 Å². The predicted molar refractivity (Wildman–Crippen MR) is 385 cm³/mol. The summed E-state index contributed by atoms with van der Waals surface area (Å²) in [6.07, 6.45) is 0. The normalized spacial score (nSPS) is 12.5. The van der Waals surface area contributed by atoms with E-state index in [0.29, 0.717) is 0 Å². The zero-order valence-corrected chi connectivity index (χ0v) is 50.3. The van der Waals surface area contributed by atoms with E-state index in [2.05, 4.69) is 319 Å². The van der Waals surface area contributed by atoms with Crippen molar-refractivity contribution < 1.29 is 4.74 Å². The second kappa shape index (κ2) is 20.3. The molecule has 0 radical (unpaired) electrons. The predicted octanol–water partition coefficient (Wildman–Crippen LogP) is 21.9. The Labute approximate surface area is 528 Å². The summed E-state index contributed by atoms with van der Waals surface area (Å²) < 4.78 is 15.3. The summed E-state index contributed by atoms with van der Waals surface area (Å²) in [7, 11) is 0. The number of anilines is 3. The third-order valence-electron chi connectivity index (χ3n) is 18.8. The summed E-state index contributed by atoms with van der Waals surface area (Å²) in [5, 5.41) is 7.49. The molecule has 0 saturated carbocycles. The van der Waals surface area contributed by atoms with Gasteiger partial charge in [0.25, 0.3) is 6.71 Å². The van der Waals surface area contributed by atoms with Crippen LogP contribution in [0.2, 0.25) is 0 Å². The van der Waals surface area contributed by atoms with Crippen LogP contribution in [0.1, 0.15) is 0 Å². The molecule has 0 spiro atoms. The van der Waals surface area contributed by atoms with Crippen molar-refractivity contribution in [2.24, 2.45) is 0 Å². The van der Waals surface area contributed by atoms with Gasteiger partial charge in [0.2, 0.25) is 0 Å². The minimum atomic E-state index is -0.198. The lowest BCUT2D eigenvalue weighted by molar-refractivity contribution is 0.487. The molecule has 3 nitrogen and oxygen atoms in total. The molecule has 90 heavy (non-hydrogen) atoms. The highest BCUT2D eigenvalue weighted by molar-refractivity contribution is 7.26. The number of benzene rings is 14. The number of hydrogen-bond acceptors (Lipinski definition) is 4. The Morgan fingerprint density at radius 3 is 1.28 bits per heavy atom. The SMILES string of the molecule is c1ccc(-c2cccc(-c3ccccc3)c2N2c3cc(-c4cc(-c5ccccc5)c5sc6ccccc6c5c4)ccc3B3c4ccc(-c5cc(-c6ccccc6)c6sc7ccccc7c6c5)cc4Oc4cc(-n5c6ccccc6c6ccccc65)cc2c43)cc1. The maximum absolute atomic E-state index is 7.72. The van der Waals surface area contributed by atoms with Crippen LogP contribution in [-0.4, -0.2) is 11.3 Å². The van der Waals surface area contributed by atoms with Gasteiger partial charge in [-0.3, -0.25) is 0 Å². The zero-order chi connectivity index (χ0) is 59.0. The van der Waals surface area contributed by atoms with Crippen LogP contribution in [0.25, 0.3) is 135 Å². The summed E-state index contributed by atoms with van der Waals surface area (Å²) in [4.78, 5) is 2.61. The maximum atomic E-state index is 7.72. The molecule has 0 atom stereocenters. The number of nitrogens with zero attached hydrogens (tertiary/aromatic N) is 2. The van der Waals surface area contributed by atoms with Gasteiger partial charge in [0, 0.05) is 90.8 Å². The lowest BCUT2D eigenvalue weighted by Gasteiger charge is -2.42. The van der Waals surface area contributed by atoms with Gasteiger partial charge in [-0.1, -0.05) is 237 Å². The molecular formula is C84H51BN2OS2. The first-order valence-corrected chi connectivity index (χ1v) is 32.5. The number of rotatable bonds is 8. The van der Waals surface area contributed by atoms with E-state index in [1.54, 1.807) is 0 Å². The van der Waals surface area contributed by atoms with Crippen LogP contribution in [0.4, 0.5) is 17.1 Å².